The highest BCUT2D eigenvalue weighted by Crippen LogP contribution is 1.94. The van der Waals surface area contributed by atoms with Crippen LogP contribution in [0.25, 0.3) is 22.3 Å². The SMILES string of the molecule is O=c1[nH]c(=O)c2[nH]c(=O)[nH]c2[nH]1.O=c1[nH]cnc2nc[nH]c12. The van der Waals surface area contributed by atoms with Crippen LogP contribution in [0.15, 0.2) is 31.8 Å². The topological polar surface area (TPSA) is 189 Å². The summed E-state index contributed by atoms with van der Waals surface area (Å²) in [5.41, 5.74) is -0.977. The summed E-state index contributed by atoms with van der Waals surface area (Å²) in [6.07, 6.45) is 2.76. The standard InChI is InChI=1S/C5H4N4O3.C5H4N4O/c10-3-1-2(7-4(11)6-1)8-5(12)9-3;10-5-3-4(7-1-6-3)8-2-9-5/h(H4,6,7,8,9,10,11,12);1-2H,(H2,6,7,8,9,10). The second kappa shape index (κ2) is 5.01. The molecule has 4 aromatic rings. The number of nitrogens with one attached hydrogen (secondary N) is 6. The summed E-state index contributed by atoms with van der Waals surface area (Å²) >= 11 is 0. The van der Waals surface area contributed by atoms with Crippen molar-refractivity contribution in [3.05, 3.63) is 54.3 Å². The predicted octanol–water partition coefficient (Wildman–Crippen LogP) is -2.12. The van der Waals surface area contributed by atoms with Gasteiger partial charge in [-0.25, -0.2) is 19.6 Å². The lowest BCUT2D eigenvalue weighted by atomic mass is 10.5. The molecule has 4 aromatic heterocycles. The highest BCUT2D eigenvalue weighted by molar-refractivity contribution is 5.67. The zero-order chi connectivity index (χ0) is 15.7. The van der Waals surface area contributed by atoms with E-state index in [9.17, 15) is 19.2 Å². The first-order valence-electron chi connectivity index (χ1n) is 5.86. The zero-order valence-electron chi connectivity index (χ0n) is 10.7. The summed E-state index contributed by atoms with van der Waals surface area (Å²) in [7, 11) is 0. The maximum Gasteiger partial charge on any atom is 0.327 e. The highest BCUT2D eigenvalue weighted by atomic mass is 16.2. The van der Waals surface area contributed by atoms with Crippen molar-refractivity contribution in [2.45, 2.75) is 0 Å². The molecule has 0 unspecified atom stereocenters. The molecular formula is C10H8N8O4. The highest BCUT2D eigenvalue weighted by Gasteiger charge is 2.02. The van der Waals surface area contributed by atoms with Gasteiger partial charge in [0.15, 0.2) is 11.2 Å². The number of H-pyrrole nitrogens is 6. The van der Waals surface area contributed by atoms with E-state index < -0.39 is 16.9 Å². The Kier molecular flexibility index (Phi) is 3.02. The Bertz CT molecular complexity index is 1170. The van der Waals surface area contributed by atoms with Crippen LogP contribution >= 0.6 is 0 Å². The Morgan fingerprint density at radius 1 is 0.682 bits per heavy atom. The van der Waals surface area contributed by atoms with Crippen LogP contribution in [0.3, 0.4) is 0 Å². The molecule has 0 radical (unpaired) electrons. The van der Waals surface area contributed by atoms with Crippen molar-refractivity contribution >= 4 is 22.3 Å². The van der Waals surface area contributed by atoms with Gasteiger partial charge in [0.05, 0.1) is 12.7 Å². The molecule has 12 heteroatoms. The molecule has 0 saturated heterocycles. The average Bonchev–Trinajstić information content (AvgIpc) is 3.06. The van der Waals surface area contributed by atoms with Gasteiger partial charge in [-0.3, -0.25) is 29.5 Å². The summed E-state index contributed by atoms with van der Waals surface area (Å²) < 4.78 is 0. The maximum absolute atomic E-state index is 10.9. The molecule has 22 heavy (non-hydrogen) atoms. The minimum absolute atomic E-state index is 0.0413. The number of aromatic nitrogens is 8. The molecule has 12 nitrogen and oxygen atoms in total. The van der Waals surface area contributed by atoms with E-state index in [1.165, 1.54) is 12.7 Å². The van der Waals surface area contributed by atoms with Gasteiger partial charge in [0.2, 0.25) is 0 Å². The van der Waals surface area contributed by atoms with Crippen LogP contribution in [0.2, 0.25) is 0 Å². The Morgan fingerprint density at radius 2 is 1.32 bits per heavy atom. The number of hydrogen-bond donors (Lipinski definition) is 6. The van der Waals surface area contributed by atoms with E-state index in [4.69, 9.17) is 0 Å². The van der Waals surface area contributed by atoms with E-state index in [0.717, 1.165) is 0 Å². The molecule has 112 valence electrons. The van der Waals surface area contributed by atoms with Crippen molar-refractivity contribution in [1.82, 2.24) is 39.9 Å². The first-order chi connectivity index (χ1) is 10.5. The summed E-state index contributed by atoms with van der Waals surface area (Å²) in [6, 6.07) is 0. The van der Waals surface area contributed by atoms with E-state index in [1.54, 1.807) is 0 Å². The van der Waals surface area contributed by atoms with Crippen LogP contribution in [0.4, 0.5) is 0 Å². The lowest BCUT2D eigenvalue weighted by molar-refractivity contribution is 1.07. The van der Waals surface area contributed by atoms with Gasteiger partial charge >= 0.3 is 11.4 Å². The molecule has 0 aromatic carbocycles. The van der Waals surface area contributed by atoms with Gasteiger partial charge in [0.1, 0.15) is 11.2 Å². The van der Waals surface area contributed by atoms with E-state index in [-0.39, 0.29) is 16.7 Å². The molecule has 0 aliphatic heterocycles. The molecule has 0 saturated carbocycles. The molecule has 0 fully saturated rings. The van der Waals surface area contributed by atoms with Crippen molar-refractivity contribution < 1.29 is 0 Å². The normalized spacial score (nSPS) is 10.5. The molecule has 4 rings (SSSR count). The van der Waals surface area contributed by atoms with E-state index in [1.807, 2.05) is 4.98 Å². The van der Waals surface area contributed by atoms with Crippen molar-refractivity contribution in [2.24, 2.45) is 0 Å². The van der Waals surface area contributed by atoms with Crippen LogP contribution in [-0.2, 0) is 0 Å². The van der Waals surface area contributed by atoms with E-state index in [2.05, 4.69) is 34.9 Å². The lowest BCUT2D eigenvalue weighted by Gasteiger charge is -1.83. The molecule has 0 bridgehead atoms. The summed E-state index contributed by atoms with van der Waals surface area (Å²) in [5.74, 6) is 0. The van der Waals surface area contributed by atoms with Crippen LogP contribution in [0, 0.1) is 0 Å². The van der Waals surface area contributed by atoms with Crippen LogP contribution in [-0.4, -0.2) is 39.9 Å². The van der Waals surface area contributed by atoms with Crippen molar-refractivity contribution in [3.63, 3.8) is 0 Å². The predicted molar refractivity (Wildman–Crippen MR) is 74.7 cm³/mol. The average molecular weight is 304 g/mol. The molecule has 6 N–H and O–H groups in total. The van der Waals surface area contributed by atoms with Crippen molar-refractivity contribution in [2.75, 3.05) is 0 Å². The van der Waals surface area contributed by atoms with Gasteiger partial charge in [-0.05, 0) is 0 Å². The number of aromatic amines is 6. The number of rotatable bonds is 0. The summed E-state index contributed by atoms with van der Waals surface area (Å²) in [5, 5.41) is 0. The van der Waals surface area contributed by atoms with Gasteiger partial charge in [-0.2, -0.15) is 0 Å². The Labute approximate surface area is 117 Å². The van der Waals surface area contributed by atoms with Gasteiger partial charge in [-0.15, -0.1) is 0 Å². The Hall–Kier alpha value is -3.70. The lowest BCUT2D eigenvalue weighted by Crippen LogP contribution is -2.21. The Morgan fingerprint density at radius 3 is 2.00 bits per heavy atom. The minimum atomic E-state index is -0.650. The van der Waals surface area contributed by atoms with Crippen LogP contribution < -0.4 is 22.5 Å². The monoisotopic (exact) mass is 304 g/mol. The van der Waals surface area contributed by atoms with Crippen LogP contribution in [0.1, 0.15) is 0 Å². The van der Waals surface area contributed by atoms with Gasteiger partial charge in [0, 0.05) is 0 Å². The minimum Gasteiger partial charge on any atom is -0.339 e. The number of imidazole rings is 2. The molecule has 0 aliphatic carbocycles. The third-order valence-corrected chi connectivity index (χ3v) is 2.65. The van der Waals surface area contributed by atoms with Crippen molar-refractivity contribution in [1.29, 1.82) is 0 Å². The molecule has 4 heterocycles. The quantitative estimate of drug-likeness (QED) is 0.215. The fourth-order valence-corrected chi connectivity index (χ4v) is 1.73. The molecule has 0 spiro atoms. The second-order valence-electron chi connectivity index (χ2n) is 4.07. The number of nitrogens with zero attached hydrogens (tertiary/aromatic N) is 2. The number of hydrogen-bond acceptors (Lipinski definition) is 6. The van der Waals surface area contributed by atoms with Gasteiger partial charge < -0.3 is 9.97 Å². The molecular weight excluding hydrogens is 296 g/mol. The first-order valence-corrected chi connectivity index (χ1v) is 5.86. The molecule has 0 amide bonds. The number of fused-ring (bicyclic) bond motifs is 2. The molecule has 0 atom stereocenters. The fourth-order valence-electron chi connectivity index (χ4n) is 1.73. The third-order valence-electron chi connectivity index (χ3n) is 2.65. The molecule has 0 aliphatic rings. The summed E-state index contributed by atoms with van der Waals surface area (Å²) in [4.78, 5) is 64.5. The van der Waals surface area contributed by atoms with E-state index in [0.29, 0.717) is 11.2 Å². The zero-order valence-corrected chi connectivity index (χ0v) is 10.7. The smallest absolute Gasteiger partial charge is 0.327 e. The van der Waals surface area contributed by atoms with Gasteiger partial charge in [-0.1, -0.05) is 0 Å². The van der Waals surface area contributed by atoms with Gasteiger partial charge in [0.25, 0.3) is 11.1 Å². The first kappa shape index (κ1) is 13.3. The summed E-state index contributed by atoms with van der Waals surface area (Å²) in [6.45, 7) is 0. The van der Waals surface area contributed by atoms with Crippen molar-refractivity contribution in [3.8, 4) is 0 Å². The fraction of sp³-hybridized carbons (Fsp3) is 0. The Balaban J connectivity index is 0.000000133. The maximum atomic E-state index is 10.9. The second-order valence-corrected chi connectivity index (χ2v) is 4.07. The third kappa shape index (κ3) is 2.35. The largest absolute Gasteiger partial charge is 0.339 e. The van der Waals surface area contributed by atoms with Crippen LogP contribution in [0.5, 0.6) is 0 Å². The van der Waals surface area contributed by atoms with E-state index >= 15 is 0 Å².